The van der Waals surface area contributed by atoms with Crippen molar-refractivity contribution in [2.75, 3.05) is 0 Å². The fourth-order valence-corrected chi connectivity index (χ4v) is 4.01. The first-order chi connectivity index (χ1) is 12.9. The number of aliphatic hydroxyl groups excluding tert-OH is 1. The number of carbonyl (C=O) groups excluding carboxylic acids is 3. The first kappa shape index (κ1) is 21.8. The number of ether oxygens (including phenoxy) is 1. The lowest BCUT2D eigenvalue weighted by Crippen LogP contribution is -2.70. The highest BCUT2D eigenvalue weighted by Crippen LogP contribution is 2.42. The highest BCUT2D eigenvalue weighted by atomic mass is 32.2. The molecule has 11 heteroatoms. The molecule has 2 N–H and O–H groups in total. The third kappa shape index (κ3) is 4.66. The van der Waals surface area contributed by atoms with Gasteiger partial charge in [0.05, 0.1) is 16.4 Å². The zero-order chi connectivity index (χ0) is 21.2. The van der Waals surface area contributed by atoms with Crippen molar-refractivity contribution in [3.63, 3.8) is 0 Å². The average molecular weight is 412 g/mol. The van der Waals surface area contributed by atoms with E-state index in [1.807, 2.05) is 0 Å². The van der Waals surface area contributed by atoms with Crippen LogP contribution in [0.25, 0.3) is 0 Å². The van der Waals surface area contributed by atoms with Crippen LogP contribution in [0.2, 0.25) is 0 Å². The lowest BCUT2D eigenvalue weighted by atomic mass is 9.83. The van der Waals surface area contributed by atoms with E-state index in [9.17, 15) is 34.7 Å². The van der Waals surface area contributed by atoms with Gasteiger partial charge in [0.25, 0.3) is 5.69 Å². The molecule has 2 rings (SSSR count). The molecule has 1 heterocycles. The maximum absolute atomic E-state index is 12.3. The SMILES string of the molecule is CC(=O)S[C@@H]1[C@H](C(C)(C)O)C(=O)N1C(O)C(=O)OCc1ccc([N+](=O)[O-])cc1. The number of carbonyl (C=O) groups is 3. The van der Waals surface area contributed by atoms with E-state index >= 15 is 0 Å². The molecule has 0 saturated carbocycles. The van der Waals surface area contributed by atoms with Crippen molar-refractivity contribution in [1.29, 1.82) is 0 Å². The number of amides is 1. The quantitative estimate of drug-likeness (QED) is 0.287. The van der Waals surface area contributed by atoms with Crippen molar-refractivity contribution in [1.82, 2.24) is 4.90 Å². The van der Waals surface area contributed by atoms with Gasteiger partial charge in [0.15, 0.2) is 5.12 Å². The van der Waals surface area contributed by atoms with Crippen molar-refractivity contribution in [2.24, 2.45) is 5.92 Å². The Kier molecular flexibility index (Phi) is 6.42. The van der Waals surface area contributed by atoms with E-state index in [4.69, 9.17) is 4.74 Å². The molecule has 1 amide bonds. The van der Waals surface area contributed by atoms with Gasteiger partial charge in [-0.3, -0.25) is 24.6 Å². The van der Waals surface area contributed by atoms with Crippen molar-refractivity contribution in [3.8, 4) is 0 Å². The molecule has 1 unspecified atom stereocenters. The van der Waals surface area contributed by atoms with Crippen LogP contribution in [0, 0.1) is 16.0 Å². The number of nitro benzene ring substituents is 1. The van der Waals surface area contributed by atoms with Crippen molar-refractivity contribution in [2.45, 2.75) is 44.6 Å². The zero-order valence-corrected chi connectivity index (χ0v) is 16.2. The molecule has 1 fully saturated rings. The van der Waals surface area contributed by atoms with Crippen molar-refractivity contribution < 1.29 is 34.3 Å². The normalized spacial score (nSPS) is 20.3. The van der Waals surface area contributed by atoms with Gasteiger partial charge in [-0.05, 0) is 31.5 Å². The van der Waals surface area contributed by atoms with Crippen LogP contribution in [0.5, 0.6) is 0 Å². The fraction of sp³-hybridized carbons (Fsp3) is 0.471. The minimum atomic E-state index is -1.94. The monoisotopic (exact) mass is 412 g/mol. The molecule has 3 atom stereocenters. The number of nitrogens with zero attached hydrogens (tertiary/aromatic N) is 2. The predicted molar refractivity (Wildman–Crippen MR) is 97.6 cm³/mol. The van der Waals surface area contributed by atoms with E-state index in [0.717, 1.165) is 16.7 Å². The van der Waals surface area contributed by atoms with Crippen LogP contribution in [-0.4, -0.2) is 54.2 Å². The molecule has 1 saturated heterocycles. The molecule has 28 heavy (non-hydrogen) atoms. The van der Waals surface area contributed by atoms with Crippen LogP contribution in [0.15, 0.2) is 24.3 Å². The van der Waals surface area contributed by atoms with Crippen LogP contribution in [0.1, 0.15) is 26.3 Å². The highest BCUT2D eigenvalue weighted by Gasteiger charge is 2.58. The minimum absolute atomic E-state index is 0.122. The molecule has 0 aromatic heterocycles. The minimum Gasteiger partial charge on any atom is -0.457 e. The van der Waals surface area contributed by atoms with E-state index in [0.29, 0.717) is 5.56 Å². The maximum atomic E-state index is 12.3. The molecule has 152 valence electrons. The molecule has 0 aliphatic carbocycles. The van der Waals surface area contributed by atoms with Crippen LogP contribution < -0.4 is 0 Å². The third-order valence-corrected chi connectivity index (χ3v) is 5.20. The Morgan fingerprint density at radius 2 is 1.93 bits per heavy atom. The number of nitro groups is 1. The van der Waals surface area contributed by atoms with E-state index in [-0.39, 0.29) is 17.4 Å². The van der Waals surface area contributed by atoms with Gasteiger partial charge in [-0.2, -0.15) is 0 Å². The van der Waals surface area contributed by atoms with Crippen molar-refractivity contribution >= 4 is 34.4 Å². The summed E-state index contributed by atoms with van der Waals surface area (Å²) >= 11 is 0.727. The summed E-state index contributed by atoms with van der Waals surface area (Å²) in [7, 11) is 0. The summed E-state index contributed by atoms with van der Waals surface area (Å²) in [6.45, 7) is 3.81. The second-order valence-corrected chi connectivity index (χ2v) is 8.08. The molecule has 1 aromatic carbocycles. The lowest BCUT2D eigenvalue weighted by Gasteiger charge is -2.51. The second-order valence-electron chi connectivity index (χ2n) is 6.78. The summed E-state index contributed by atoms with van der Waals surface area (Å²) in [5.74, 6) is -2.75. The highest BCUT2D eigenvalue weighted by molar-refractivity contribution is 8.14. The third-order valence-electron chi connectivity index (χ3n) is 4.13. The summed E-state index contributed by atoms with van der Waals surface area (Å²) in [6, 6.07) is 5.27. The first-order valence-corrected chi connectivity index (χ1v) is 9.11. The second kappa shape index (κ2) is 8.25. The summed E-state index contributed by atoms with van der Waals surface area (Å²) in [6.07, 6.45) is -1.94. The molecule has 0 bridgehead atoms. The molecule has 0 spiro atoms. The van der Waals surface area contributed by atoms with Gasteiger partial charge in [-0.15, -0.1) is 0 Å². The number of hydrogen-bond donors (Lipinski definition) is 2. The van der Waals surface area contributed by atoms with Gasteiger partial charge in [-0.1, -0.05) is 11.8 Å². The molecule has 1 aliphatic rings. The van der Waals surface area contributed by atoms with Gasteiger partial charge in [0, 0.05) is 19.1 Å². The number of aliphatic hydroxyl groups is 2. The van der Waals surface area contributed by atoms with E-state index in [1.165, 1.54) is 45.0 Å². The zero-order valence-electron chi connectivity index (χ0n) is 15.4. The van der Waals surface area contributed by atoms with Gasteiger partial charge in [0.1, 0.15) is 12.0 Å². The largest absolute Gasteiger partial charge is 0.457 e. The molecular weight excluding hydrogens is 392 g/mol. The number of benzene rings is 1. The summed E-state index contributed by atoms with van der Waals surface area (Å²) in [5.41, 5.74) is -1.11. The Morgan fingerprint density at radius 1 is 1.36 bits per heavy atom. The van der Waals surface area contributed by atoms with Gasteiger partial charge in [-0.25, -0.2) is 4.79 Å². The van der Waals surface area contributed by atoms with Crippen LogP contribution >= 0.6 is 11.8 Å². The molecule has 0 radical (unpaired) electrons. The first-order valence-electron chi connectivity index (χ1n) is 8.23. The van der Waals surface area contributed by atoms with Gasteiger partial charge < -0.3 is 14.9 Å². The number of rotatable bonds is 7. The molecular formula is C17H20N2O8S. The van der Waals surface area contributed by atoms with Crippen LogP contribution in [0.4, 0.5) is 5.69 Å². The smallest absolute Gasteiger partial charge is 0.356 e. The molecule has 1 aliphatic heterocycles. The standard InChI is InChI=1S/C17H20N2O8S/c1-9(20)28-15-12(17(2,3)24)13(21)18(15)14(22)16(23)27-8-10-4-6-11(7-5-10)19(25)26/h4-7,12,14-15,22,24H,8H2,1-3H3/t12-,14?,15-/m1/s1. The van der Waals surface area contributed by atoms with E-state index in [1.54, 1.807) is 0 Å². The lowest BCUT2D eigenvalue weighted by molar-refractivity contribution is -0.384. The number of likely N-dealkylation sites (tertiary alicyclic amines) is 1. The fourth-order valence-electron chi connectivity index (χ4n) is 2.75. The predicted octanol–water partition coefficient (Wildman–Crippen LogP) is 0.791. The summed E-state index contributed by atoms with van der Waals surface area (Å²) < 4.78 is 4.96. The average Bonchev–Trinajstić information content (AvgIpc) is 2.57. The maximum Gasteiger partial charge on any atom is 0.356 e. The number of esters is 1. The van der Waals surface area contributed by atoms with Gasteiger partial charge >= 0.3 is 5.97 Å². The topological polar surface area (TPSA) is 147 Å². The molecule has 1 aromatic rings. The number of β-lactam (4-membered cyclic amide) rings is 1. The van der Waals surface area contributed by atoms with Crippen LogP contribution in [0.3, 0.4) is 0 Å². The summed E-state index contributed by atoms with van der Waals surface area (Å²) in [4.78, 5) is 46.8. The Hall–Kier alpha value is -2.50. The Morgan fingerprint density at radius 3 is 2.39 bits per heavy atom. The number of thioether (sulfide) groups is 1. The van der Waals surface area contributed by atoms with Gasteiger partial charge in [0.2, 0.25) is 12.1 Å². The Bertz CT molecular complexity index is 789. The summed E-state index contributed by atoms with van der Waals surface area (Å²) in [5, 5.41) is 29.7. The van der Waals surface area contributed by atoms with Crippen molar-refractivity contribution in [3.05, 3.63) is 39.9 Å². The van der Waals surface area contributed by atoms with E-state index in [2.05, 4.69) is 0 Å². The Balaban J connectivity index is 2.03. The van der Waals surface area contributed by atoms with Crippen LogP contribution in [-0.2, 0) is 25.7 Å². The Labute approximate surface area is 164 Å². The van der Waals surface area contributed by atoms with E-state index < -0.39 is 39.9 Å². The number of hydrogen-bond acceptors (Lipinski definition) is 9. The number of non-ortho nitro benzene ring substituents is 1. The molecule has 10 nitrogen and oxygen atoms in total.